The van der Waals surface area contributed by atoms with Gasteiger partial charge in [-0.2, -0.15) is 4.72 Å². The largest absolute Gasteiger partial charge is 0.480 e. The van der Waals surface area contributed by atoms with E-state index in [-0.39, 0.29) is 11.3 Å². The van der Waals surface area contributed by atoms with Crippen LogP contribution in [-0.2, 0) is 14.8 Å². The van der Waals surface area contributed by atoms with E-state index in [1.807, 2.05) is 4.72 Å². The third-order valence-electron chi connectivity index (χ3n) is 2.32. The van der Waals surface area contributed by atoms with Gasteiger partial charge in [0.1, 0.15) is 11.9 Å². The number of hydrogen-bond donors (Lipinski definition) is 2. The minimum Gasteiger partial charge on any atom is -0.480 e. The maximum atomic E-state index is 13.2. The van der Waals surface area contributed by atoms with Crippen LogP contribution in [0.2, 0.25) is 0 Å². The molecular formula is C12H14FNO4S. The van der Waals surface area contributed by atoms with Crippen molar-refractivity contribution in [2.45, 2.75) is 24.3 Å². The van der Waals surface area contributed by atoms with E-state index in [0.717, 1.165) is 6.07 Å². The van der Waals surface area contributed by atoms with Gasteiger partial charge in [-0.15, -0.1) is 6.58 Å². The molecule has 5 nitrogen and oxygen atoms in total. The number of aliphatic carboxylic acids is 1. The van der Waals surface area contributed by atoms with Crippen molar-refractivity contribution in [3.05, 3.63) is 42.2 Å². The van der Waals surface area contributed by atoms with E-state index in [0.29, 0.717) is 5.56 Å². The summed E-state index contributed by atoms with van der Waals surface area (Å²) < 4.78 is 39.1. The Balaban J connectivity index is 3.09. The first kappa shape index (κ1) is 15.3. The number of nitrogens with one attached hydrogen (secondary N) is 1. The molecule has 0 heterocycles. The Labute approximate surface area is 110 Å². The van der Waals surface area contributed by atoms with E-state index < -0.39 is 27.9 Å². The van der Waals surface area contributed by atoms with Gasteiger partial charge in [0.25, 0.3) is 0 Å². The molecule has 104 valence electrons. The van der Waals surface area contributed by atoms with Crippen LogP contribution >= 0.6 is 0 Å². The first-order chi connectivity index (χ1) is 8.76. The number of rotatable bonds is 6. The highest BCUT2D eigenvalue weighted by Gasteiger charge is 2.24. The topological polar surface area (TPSA) is 83.5 Å². The molecule has 0 fully saturated rings. The molecular weight excluding hydrogens is 273 g/mol. The van der Waals surface area contributed by atoms with Gasteiger partial charge in [0, 0.05) is 0 Å². The van der Waals surface area contributed by atoms with Gasteiger partial charge in [0.2, 0.25) is 10.0 Å². The number of carboxylic acids is 1. The molecule has 7 heteroatoms. The summed E-state index contributed by atoms with van der Waals surface area (Å²) in [6, 6.07) is 1.95. The van der Waals surface area contributed by atoms with Gasteiger partial charge in [-0.3, -0.25) is 4.79 Å². The standard InChI is InChI=1S/C12H14FNO4S/c1-3-4-11(12(15)16)14-19(17,18)10-6-8(2)5-9(13)7-10/h3,5-7,11,14H,1,4H2,2H3,(H,15,16). The first-order valence-electron chi connectivity index (χ1n) is 5.39. The lowest BCUT2D eigenvalue weighted by molar-refractivity contribution is -0.138. The maximum absolute atomic E-state index is 13.2. The molecule has 0 aliphatic carbocycles. The Hall–Kier alpha value is -1.73. The second kappa shape index (κ2) is 5.94. The first-order valence-corrected chi connectivity index (χ1v) is 6.88. The van der Waals surface area contributed by atoms with E-state index in [9.17, 15) is 17.6 Å². The van der Waals surface area contributed by atoms with Gasteiger partial charge >= 0.3 is 5.97 Å². The molecule has 0 saturated carbocycles. The fraction of sp³-hybridized carbons (Fsp3) is 0.250. The number of sulfonamides is 1. The predicted octanol–water partition coefficient (Wildman–Crippen LogP) is 1.44. The van der Waals surface area contributed by atoms with Crippen molar-refractivity contribution in [3.63, 3.8) is 0 Å². The third-order valence-corrected chi connectivity index (χ3v) is 3.77. The fourth-order valence-electron chi connectivity index (χ4n) is 1.48. The van der Waals surface area contributed by atoms with Gasteiger partial charge in [0.15, 0.2) is 0 Å². The number of benzene rings is 1. The maximum Gasteiger partial charge on any atom is 0.322 e. The zero-order valence-corrected chi connectivity index (χ0v) is 11.1. The van der Waals surface area contributed by atoms with Gasteiger partial charge < -0.3 is 5.11 Å². The van der Waals surface area contributed by atoms with Crippen LogP contribution in [0.5, 0.6) is 0 Å². The van der Waals surface area contributed by atoms with Crippen molar-refractivity contribution in [1.82, 2.24) is 4.72 Å². The van der Waals surface area contributed by atoms with Gasteiger partial charge in [0.05, 0.1) is 4.90 Å². The van der Waals surface area contributed by atoms with Crippen LogP contribution in [0, 0.1) is 12.7 Å². The van der Waals surface area contributed by atoms with Crippen LogP contribution in [0.3, 0.4) is 0 Å². The molecule has 0 amide bonds. The number of carbonyl (C=O) groups is 1. The van der Waals surface area contributed by atoms with Crippen LogP contribution in [0.1, 0.15) is 12.0 Å². The van der Waals surface area contributed by atoms with Crippen molar-refractivity contribution < 1.29 is 22.7 Å². The SMILES string of the molecule is C=CCC(NS(=O)(=O)c1cc(C)cc(F)c1)C(=O)O. The van der Waals surface area contributed by atoms with E-state index in [1.165, 1.54) is 18.2 Å². The summed E-state index contributed by atoms with van der Waals surface area (Å²) in [7, 11) is -4.09. The molecule has 0 aliphatic heterocycles. The monoisotopic (exact) mass is 287 g/mol. The van der Waals surface area contributed by atoms with E-state index in [2.05, 4.69) is 6.58 Å². The summed E-state index contributed by atoms with van der Waals surface area (Å²) in [5, 5.41) is 8.87. The van der Waals surface area contributed by atoms with Crippen molar-refractivity contribution in [2.24, 2.45) is 0 Å². The molecule has 0 spiro atoms. The number of hydrogen-bond acceptors (Lipinski definition) is 3. The Morgan fingerprint density at radius 2 is 2.16 bits per heavy atom. The summed E-state index contributed by atoms with van der Waals surface area (Å²) in [5.41, 5.74) is 0.427. The van der Waals surface area contributed by atoms with Crippen LogP contribution in [0.25, 0.3) is 0 Å². The average Bonchev–Trinajstić information content (AvgIpc) is 2.26. The molecule has 1 aromatic rings. The second-order valence-corrected chi connectivity index (χ2v) is 5.71. The summed E-state index contributed by atoms with van der Waals surface area (Å²) in [4.78, 5) is 10.6. The van der Waals surface area contributed by atoms with Crippen LogP contribution in [-0.4, -0.2) is 25.5 Å². The summed E-state index contributed by atoms with van der Waals surface area (Å²) in [6.07, 6.45) is 1.22. The summed E-state index contributed by atoms with van der Waals surface area (Å²) >= 11 is 0. The van der Waals surface area contributed by atoms with Crippen molar-refractivity contribution in [1.29, 1.82) is 0 Å². The minimum absolute atomic E-state index is 0.0666. The fourth-order valence-corrected chi connectivity index (χ4v) is 2.80. The van der Waals surface area contributed by atoms with Crippen LogP contribution < -0.4 is 4.72 Å². The molecule has 0 aliphatic rings. The Morgan fingerprint density at radius 3 is 2.63 bits per heavy atom. The number of aryl methyl sites for hydroxylation is 1. The molecule has 0 radical (unpaired) electrons. The molecule has 1 aromatic carbocycles. The van der Waals surface area contributed by atoms with Crippen molar-refractivity contribution in [3.8, 4) is 0 Å². The molecule has 19 heavy (non-hydrogen) atoms. The number of halogens is 1. The lowest BCUT2D eigenvalue weighted by Gasteiger charge is -2.13. The number of carboxylic acid groups (broad SMARTS) is 1. The minimum atomic E-state index is -4.09. The van der Waals surface area contributed by atoms with Gasteiger partial charge in [-0.25, -0.2) is 12.8 Å². The molecule has 1 atom stereocenters. The Morgan fingerprint density at radius 1 is 1.53 bits per heavy atom. The lowest BCUT2D eigenvalue weighted by atomic mass is 10.2. The summed E-state index contributed by atoms with van der Waals surface area (Å²) in [5.74, 6) is -2.02. The zero-order chi connectivity index (χ0) is 14.6. The normalized spacial score (nSPS) is 12.9. The smallest absolute Gasteiger partial charge is 0.322 e. The Bertz CT molecular complexity index is 577. The van der Waals surface area contributed by atoms with Crippen molar-refractivity contribution in [2.75, 3.05) is 0 Å². The summed E-state index contributed by atoms with van der Waals surface area (Å²) in [6.45, 7) is 4.90. The molecule has 1 unspecified atom stereocenters. The highest BCUT2D eigenvalue weighted by molar-refractivity contribution is 7.89. The highest BCUT2D eigenvalue weighted by atomic mass is 32.2. The van der Waals surface area contributed by atoms with Crippen LogP contribution in [0.4, 0.5) is 4.39 Å². The van der Waals surface area contributed by atoms with E-state index >= 15 is 0 Å². The molecule has 0 aromatic heterocycles. The molecule has 0 bridgehead atoms. The van der Waals surface area contributed by atoms with E-state index in [4.69, 9.17) is 5.11 Å². The predicted molar refractivity (Wildman–Crippen MR) is 67.7 cm³/mol. The van der Waals surface area contributed by atoms with Crippen molar-refractivity contribution >= 4 is 16.0 Å². The zero-order valence-electron chi connectivity index (χ0n) is 10.3. The molecule has 0 saturated heterocycles. The Kier molecular flexibility index (Phi) is 4.79. The van der Waals surface area contributed by atoms with Crippen LogP contribution in [0.15, 0.2) is 35.7 Å². The second-order valence-electron chi connectivity index (χ2n) is 4.00. The van der Waals surface area contributed by atoms with E-state index in [1.54, 1.807) is 6.92 Å². The third kappa shape index (κ3) is 4.15. The van der Waals surface area contributed by atoms with Gasteiger partial charge in [-0.1, -0.05) is 6.08 Å². The van der Waals surface area contributed by atoms with Gasteiger partial charge in [-0.05, 0) is 37.1 Å². The quantitative estimate of drug-likeness (QED) is 0.775. The molecule has 1 rings (SSSR count). The lowest BCUT2D eigenvalue weighted by Crippen LogP contribution is -2.40. The average molecular weight is 287 g/mol. The molecule has 2 N–H and O–H groups in total. The highest BCUT2D eigenvalue weighted by Crippen LogP contribution is 2.14.